The van der Waals surface area contributed by atoms with Crippen molar-refractivity contribution in [1.29, 1.82) is 0 Å². The minimum atomic E-state index is -0.442. The van der Waals surface area contributed by atoms with E-state index in [2.05, 4.69) is 4.98 Å². The highest BCUT2D eigenvalue weighted by Crippen LogP contribution is 1.95. The normalized spacial score (nSPS) is 8.59. The molecule has 17 heavy (non-hydrogen) atoms. The van der Waals surface area contributed by atoms with E-state index in [4.69, 9.17) is 52.1 Å². The van der Waals surface area contributed by atoms with E-state index in [-0.39, 0.29) is 4.84 Å². The molecule has 1 rings (SSSR count). The number of pyridine rings is 1. The zero-order chi connectivity index (χ0) is 13.7. The van der Waals surface area contributed by atoms with Crippen molar-refractivity contribution in [2.75, 3.05) is 11.8 Å². The van der Waals surface area contributed by atoms with E-state index in [0.717, 1.165) is 0 Å². The summed E-state index contributed by atoms with van der Waals surface area (Å²) in [7, 11) is 0. The Morgan fingerprint density at radius 3 is 2.06 bits per heavy atom. The first-order chi connectivity index (χ1) is 7.95. The zero-order valence-corrected chi connectivity index (χ0v) is 12.3. The second-order valence-corrected chi connectivity index (χ2v) is 4.79. The fourth-order valence-electron chi connectivity index (χ4n) is 0.509. The standard InChI is InChI=1S/C6H6N2O.2C2H4Cl2/c7-6(9)5-2-1-3-8-4-5;1-2(3)4;3-1-2-4/h1-4H,(H2,7,9);2H,1H3;1-2H2. The van der Waals surface area contributed by atoms with Crippen LogP contribution in [0.3, 0.4) is 0 Å². The van der Waals surface area contributed by atoms with E-state index in [9.17, 15) is 4.79 Å². The quantitative estimate of drug-likeness (QED) is 0.849. The van der Waals surface area contributed by atoms with Crippen LogP contribution in [0.2, 0.25) is 0 Å². The van der Waals surface area contributed by atoms with Gasteiger partial charge in [-0.25, -0.2) is 0 Å². The summed E-state index contributed by atoms with van der Waals surface area (Å²) in [6.45, 7) is 1.70. The Bertz CT molecular complexity index is 278. The zero-order valence-electron chi connectivity index (χ0n) is 9.25. The fourth-order valence-corrected chi connectivity index (χ4v) is 0.509. The van der Waals surface area contributed by atoms with Crippen molar-refractivity contribution in [2.24, 2.45) is 5.73 Å². The molecule has 7 heteroatoms. The second kappa shape index (κ2) is 13.8. The van der Waals surface area contributed by atoms with Crippen LogP contribution in [-0.2, 0) is 0 Å². The predicted octanol–water partition coefficient (Wildman–Crippen LogP) is 3.45. The van der Waals surface area contributed by atoms with Crippen LogP contribution in [0.25, 0.3) is 0 Å². The molecule has 1 heterocycles. The highest BCUT2D eigenvalue weighted by molar-refractivity contribution is 6.43. The molecule has 1 aromatic rings. The van der Waals surface area contributed by atoms with Crippen molar-refractivity contribution >= 4 is 52.3 Å². The molecular weight excluding hydrogens is 306 g/mol. The van der Waals surface area contributed by atoms with Gasteiger partial charge in [0.1, 0.15) is 4.84 Å². The van der Waals surface area contributed by atoms with Crippen molar-refractivity contribution in [3.63, 3.8) is 0 Å². The lowest BCUT2D eigenvalue weighted by molar-refractivity contribution is 0.1000. The van der Waals surface area contributed by atoms with Gasteiger partial charge >= 0.3 is 0 Å². The lowest BCUT2D eigenvalue weighted by Crippen LogP contribution is -2.10. The third-order valence-electron chi connectivity index (χ3n) is 1.02. The largest absolute Gasteiger partial charge is 0.366 e. The van der Waals surface area contributed by atoms with Gasteiger partial charge in [-0.2, -0.15) is 0 Å². The molecule has 0 fully saturated rings. The lowest BCUT2D eigenvalue weighted by atomic mass is 10.3. The molecule has 0 aliphatic heterocycles. The van der Waals surface area contributed by atoms with Crippen LogP contribution in [0.5, 0.6) is 0 Å². The average Bonchev–Trinajstić information content (AvgIpc) is 2.30. The van der Waals surface area contributed by atoms with Gasteiger partial charge in [-0.1, -0.05) is 0 Å². The number of carbonyl (C=O) groups is 1. The number of hydrogen-bond acceptors (Lipinski definition) is 2. The van der Waals surface area contributed by atoms with Crippen LogP contribution in [0, 0.1) is 0 Å². The Morgan fingerprint density at radius 2 is 1.88 bits per heavy atom. The Kier molecular flexibility index (Phi) is 15.6. The summed E-state index contributed by atoms with van der Waals surface area (Å²) < 4.78 is 0. The number of carbonyl (C=O) groups excluding carboxylic acids is 1. The van der Waals surface area contributed by atoms with Gasteiger partial charge in [0.25, 0.3) is 0 Å². The molecule has 0 aliphatic rings. The van der Waals surface area contributed by atoms with Crippen molar-refractivity contribution in [1.82, 2.24) is 4.98 Å². The maximum atomic E-state index is 10.4. The third-order valence-corrected chi connectivity index (χ3v) is 1.59. The maximum Gasteiger partial charge on any atom is 0.250 e. The molecule has 0 bridgehead atoms. The van der Waals surface area contributed by atoms with E-state index >= 15 is 0 Å². The number of hydrogen-bond donors (Lipinski definition) is 1. The summed E-state index contributed by atoms with van der Waals surface area (Å²) in [6, 6.07) is 3.29. The van der Waals surface area contributed by atoms with Crippen LogP contribution in [-0.4, -0.2) is 27.5 Å². The van der Waals surface area contributed by atoms with Gasteiger partial charge in [0, 0.05) is 24.2 Å². The van der Waals surface area contributed by atoms with Gasteiger partial charge in [0.2, 0.25) is 5.91 Å². The summed E-state index contributed by atoms with van der Waals surface area (Å²) in [5, 5.41) is 0. The van der Waals surface area contributed by atoms with Crippen molar-refractivity contribution in [3.05, 3.63) is 30.1 Å². The first-order valence-corrected chi connectivity index (χ1v) is 6.49. The molecular formula is C10H14Cl4N2O. The number of aromatic nitrogens is 1. The summed E-state index contributed by atoms with van der Waals surface area (Å²) in [5.74, 6) is 0.673. The van der Waals surface area contributed by atoms with Crippen LogP contribution in [0.4, 0.5) is 0 Å². The first-order valence-electron chi connectivity index (χ1n) is 4.55. The number of nitrogens with zero attached hydrogens (tertiary/aromatic N) is 1. The highest BCUT2D eigenvalue weighted by Gasteiger charge is 1.94. The van der Waals surface area contributed by atoms with E-state index < -0.39 is 5.91 Å². The Morgan fingerprint density at radius 1 is 1.41 bits per heavy atom. The topological polar surface area (TPSA) is 56.0 Å². The fraction of sp³-hybridized carbons (Fsp3) is 0.400. The molecule has 0 saturated heterocycles. The monoisotopic (exact) mass is 318 g/mol. The Labute approximate surface area is 121 Å². The lowest BCUT2D eigenvalue weighted by Gasteiger charge is -1.88. The maximum absolute atomic E-state index is 10.4. The summed E-state index contributed by atoms with van der Waals surface area (Å²) in [5.41, 5.74) is 5.38. The van der Waals surface area contributed by atoms with Gasteiger partial charge in [-0.3, -0.25) is 9.78 Å². The third kappa shape index (κ3) is 18.3. The predicted molar refractivity (Wildman–Crippen MR) is 75.4 cm³/mol. The molecule has 1 aromatic heterocycles. The summed E-state index contributed by atoms with van der Waals surface area (Å²) in [6.07, 6.45) is 3.02. The van der Waals surface area contributed by atoms with Crippen molar-refractivity contribution < 1.29 is 4.79 Å². The molecule has 3 nitrogen and oxygen atoms in total. The van der Waals surface area contributed by atoms with Crippen molar-refractivity contribution in [2.45, 2.75) is 11.8 Å². The number of amides is 1. The second-order valence-electron chi connectivity index (χ2n) is 2.50. The molecule has 0 aromatic carbocycles. The molecule has 0 saturated carbocycles. The van der Waals surface area contributed by atoms with Gasteiger partial charge in [-0.05, 0) is 19.1 Å². The van der Waals surface area contributed by atoms with Gasteiger partial charge < -0.3 is 5.73 Å². The number of rotatable bonds is 2. The summed E-state index contributed by atoms with van der Waals surface area (Å²) >= 11 is 20.2. The van der Waals surface area contributed by atoms with Crippen LogP contribution >= 0.6 is 46.4 Å². The first kappa shape index (κ1) is 19.1. The molecule has 98 valence electrons. The Balaban J connectivity index is 0. The summed E-state index contributed by atoms with van der Waals surface area (Å²) in [4.78, 5) is 13.9. The van der Waals surface area contributed by atoms with Crippen LogP contribution < -0.4 is 5.73 Å². The Hall–Kier alpha value is -0.220. The molecule has 0 atom stereocenters. The van der Waals surface area contributed by atoms with Crippen molar-refractivity contribution in [3.8, 4) is 0 Å². The number of halogens is 4. The average molecular weight is 320 g/mol. The van der Waals surface area contributed by atoms with E-state index in [0.29, 0.717) is 17.3 Å². The van der Waals surface area contributed by atoms with E-state index in [1.807, 2.05) is 0 Å². The van der Waals surface area contributed by atoms with Crippen LogP contribution in [0.1, 0.15) is 17.3 Å². The molecule has 0 unspecified atom stereocenters. The molecule has 0 spiro atoms. The molecule has 0 aliphatic carbocycles. The number of nitrogens with two attached hydrogens (primary N) is 1. The molecule has 1 amide bonds. The molecule has 2 N–H and O–H groups in total. The number of primary amides is 1. The van der Waals surface area contributed by atoms with Gasteiger partial charge in [-0.15, -0.1) is 46.4 Å². The number of alkyl halides is 4. The van der Waals surface area contributed by atoms with Gasteiger partial charge in [0.15, 0.2) is 0 Å². The van der Waals surface area contributed by atoms with E-state index in [1.165, 1.54) is 6.20 Å². The minimum Gasteiger partial charge on any atom is -0.366 e. The highest BCUT2D eigenvalue weighted by atomic mass is 35.5. The SMILES string of the molecule is CC(Cl)Cl.ClCCCl.NC(=O)c1cccnc1. The van der Waals surface area contributed by atoms with E-state index in [1.54, 1.807) is 25.3 Å². The van der Waals surface area contributed by atoms with Gasteiger partial charge in [0.05, 0.1) is 5.56 Å². The van der Waals surface area contributed by atoms with Crippen LogP contribution in [0.15, 0.2) is 24.5 Å². The smallest absolute Gasteiger partial charge is 0.250 e. The molecule has 0 radical (unpaired) electrons. The minimum absolute atomic E-state index is 0.222.